The molecule has 0 saturated heterocycles. The van der Waals surface area contributed by atoms with Crippen LogP contribution >= 0.6 is 0 Å². The molecule has 6 heteroatoms. The minimum absolute atomic E-state index is 0.205. The van der Waals surface area contributed by atoms with Gasteiger partial charge in [0.2, 0.25) is 0 Å². The Morgan fingerprint density at radius 1 is 1.10 bits per heavy atom. The predicted octanol–water partition coefficient (Wildman–Crippen LogP) is 4.99. The fourth-order valence-electron chi connectivity index (χ4n) is 3.50. The van der Waals surface area contributed by atoms with Crippen molar-refractivity contribution in [2.45, 2.75) is 27.2 Å². The summed E-state index contributed by atoms with van der Waals surface area (Å²) in [4.78, 5) is 17.8. The second kappa shape index (κ2) is 7.47. The summed E-state index contributed by atoms with van der Waals surface area (Å²) in [5.41, 5.74) is 5.03. The van der Waals surface area contributed by atoms with Gasteiger partial charge >= 0.3 is 0 Å². The number of para-hydroxylation sites is 1. The number of fused-ring (bicyclic) bond motifs is 1. The van der Waals surface area contributed by atoms with Crippen LogP contribution < -0.4 is 5.32 Å². The summed E-state index contributed by atoms with van der Waals surface area (Å²) in [5, 5.41) is 8.28. The molecule has 0 atom stereocenters. The Hall–Kier alpha value is -3.54. The van der Waals surface area contributed by atoms with Crippen LogP contribution in [0.1, 0.15) is 34.2 Å². The van der Waals surface area contributed by atoms with E-state index in [2.05, 4.69) is 22.3 Å². The number of benzene rings is 2. The second-order valence-corrected chi connectivity index (χ2v) is 6.95. The molecule has 4 aromatic rings. The molecule has 1 amide bonds. The van der Waals surface area contributed by atoms with Gasteiger partial charge in [-0.2, -0.15) is 5.10 Å². The van der Waals surface area contributed by atoms with Crippen LogP contribution in [0.2, 0.25) is 0 Å². The zero-order chi connectivity index (χ0) is 20.5. The molecule has 0 unspecified atom stereocenters. The summed E-state index contributed by atoms with van der Waals surface area (Å²) in [5.74, 6) is -0.524. The molecule has 0 spiro atoms. The van der Waals surface area contributed by atoms with Gasteiger partial charge in [0.25, 0.3) is 5.91 Å². The van der Waals surface area contributed by atoms with Gasteiger partial charge in [0, 0.05) is 11.4 Å². The highest BCUT2D eigenvalue weighted by Gasteiger charge is 2.20. The van der Waals surface area contributed by atoms with Crippen molar-refractivity contribution < 1.29 is 9.18 Å². The molecule has 0 aliphatic rings. The van der Waals surface area contributed by atoms with Crippen LogP contribution in [0.4, 0.5) is 10.1 Å². The highest BCUT2D eigenvalue weighted by Crippen LogP contribution is 2.26. The molecule has 0 fully saturated rings. The summed E-state index contributed by atoms with van der Waals surface area (Å²) in [7, 11) is 0. The average Bonchev–Trinajstić information content (AvgIpc) is 3.04. The fourth-order valence-corrected chi connectivity index (χ4v) is 3.50. The number of aromatic nitrogens is 3. The minimum Gasteiger partial charge on any atom is -0.322 e. The molecule has 29 heavy (non-hydrogen) atoms. The van der Waals surface area contributed by atoms with Gasteiger partial charge in [0.05, 0.1) is 22.3 Å². The third-order valence-corrected chi connectivity index (χ3v) is 4.90. The Balaban J connectivity index is 1.83. The SMILES string of the molecule is CCc1ccccc1NC(=O)c1cc(C)nc2c1c(C)nn2-c1ccc(F)cc1. The summed E-state index contributed by atoms with van der Waals surface area (Å²) in [6.07, 6.45) is 0.822. The number of hydrogen-bond donors (Lipinski definition) is 1. The molecule has 0 saturated carbocycles. The van der Waals surface area contributed by atoms with Gasteiger partial charge in [0.15, 0.2) is 5.65 Å². The Bertz CT molecular complexity index is 1210. The normalized spacial score (nSPS) is 11.0. The van der Waals surface area contributed by atoms with E-state index < -0.39 is 0 Å². The molecular weight excluding hydrogens is 367 g/mol. The number of aryl methyl sites for hydroxylation is 3. The summed E-state index contributed by atoms with van der Waals surface area (Å²) in [6.45, 7) is 5.74. The molecule has 2 aromatic carbocycles. The number of pyridine rings is 1. The molecular formula is C23H21FN4O. The van der Waals surface area contributed by atoms with E-state index in [0.717, 1.165) is 17.7 Å². The largest absolute Gasteiger partial charge is 0.322 e. The van der Waals surface area contributed by atoms with Crippen LogP contribution in [0, 0.1) is 19.7 Å². The van der Waals surface area contributed by atoms with E-state index in [4.69, 9.17) is 0 Å². The number of rotatable bonds is 4. The lowest BCUT2D eigenvalue weighted by molar-refractivity contribution is 0.102. The van der Waals surface area contributed by atoms with E-state index in [-0.39, 0.29) is 11.7 Å². The summed E-state index contributed by atoms with van der Waals surface area (Å²) < 4.78 is 15.0. The molecule has 2 heterocycles. The summed E-state index contributed by atoms with van der Waals surface area (Å²) >= 11 is 0. The zero-order valence-electron chi connectivity index (χ0n) is 16.5. The van der Waals surface area contributed by atoms with E-state index in [1.807, 2.05) is 38.1 Å². The maximum atomic E-state index is 13.3. The molecule has 1 N–H and O–H groups in total. The molecule has 2 aromatic heterocycles. The molecule has 4 rings (SSSR count). The monoisotopic (exact) mass is 388 g/mol. The van der Waals surface area contributed by atoms with Gasteiger partial charge in [-0.05, 0) is 62.2 Å². The first kappa shape index (κ1) is 18.8. The number of nitrogens with one attached hydrogen (secondary N) is 1. The van der Waals surface area contributed by atoms with Gasteiger partial charge < -0.3 is 5.32 Å². The van der Waals surface area contributed by atoms with Crippen LogP contribution in [-0.2, 0) is 6.42 Å². The Labute approximate surface area is 168 Å². The van der Waals surface area contributed by atoms with Crippen LogP contribution in [0.15, 0.2) is 54.6 Å². The van der Waals surface area contributed by atoms with Gasteiger partial charge in [-0.1, -0.05) is 25.1 Å². The van der Waals surface area contributed by atoms with Crippen molar-refractivity contribution in [1.82, 2.24) is 14.8 Å². The lowest BCUT2D eigenvalue weighted by Crippen LogP contribution is -2.14. The standard InChI is InChI=1S/C23H21FN4O/c1-4-16-7-5-6-8-20(16)26-23(29)19-13-14(2)25-22-21(19)15(3)27-28(22)18-11-9-17(24)10-12-18/h5-13H,4H2,1-3H3,(H,26,29). The van der Waals surface area contributed by atoms with E-state index in [1.54, 1.807) is 22.9 Å². The van der Waals surface area contributed by atoms with Crippen molar-refractivity contribution in [1.29, 1.82) is 0 Å². The number of hydrogen-bond acceptors (Lipinski definition) is 3. The molecule has 0 aliphatic carbocycles. The van der Waals surface area contributed by atoms with E-state index >= 15 is 0 Å². The minimum atomic E-state index is -0.319. The number of anilines is 1. The lowest BCUT2D eigenvalue weighted by Gasteiger charge is -2.11. The molecule has 5 nitrogen and oxygen atoms in total. The number of halogens is 1. The average molecular weight is 388 g/mol. The van der Waals surface area contributed by atoms with Crippen LogP contribution in [-0.4, -0.2) is 20.7 Å². The van der Waals surface area contributed by atoms with Crippen LogP contribution in [0.3, 0.4) is 0 Å². The van der Waals surface area contributed by atoms with Gasteiger partial charge in [-0.3, -0.25) is 4.79 Å². The fraction of sp³-hybridized carbons (Fsp3) is 0.174. The van der Waals surface area contributed by atoms with Crippen molar-refractivity contribution in [3.05, 3.63) is 82.9 Å². The number of carbonyl (C=O) groups excluding carboxylic acids is 1. The smallest absolute Gasteiger partial charge is 0.256 e. The Morgan fingerprint density at radius 3 is 2.55 bits per heavy atom. The maximum Gasteiger partial charge on any atom is 0.256 e. The maximum absolute atomic E-state index is 13.3. The van der Waals surface area contributed by atoms with Crippen LogP contribution in [0.25, 0.3) is 16.7 Å². The molecule has 0 bridgehead atoms. The highest BCUT2D eigenvalue weighted by atomic mass is 19.1. The van der Waals surface area contributed by atoms with Crippen molar-refractivity contribution in [2.75, 3.05) is 5.32 Å². The van der Waals surface area contributed by atoms with Gasteiger partial charge in [-0.15, -0.1) is 0 Å². The van der Waals surface area contributed by atoms with E-state index in [0.29, 0.717) is 33.7 Å². The van der Waals surface area contributed by atoms with Crippen molar-refractivity contribution in [2.24, 2.45) is 0 Å². The third-order valence-electron chi connectivity index (χ3n) is 4.90. The van der Waals surface area contributed by atoms with E-state index in [1.165, 1.54) is 12.1 Å². The van der Waals surface area contributed by atoms with Crippen molar-refractivity contribution in [3.63, 3.8) is 0 Å². The number of amides is 1. The highest BCUT2D eigenvalue weighted by molar-refractivity contribution is 6.13. The summed E-state index contributed by atoms with van der Waals surface area (Å²) in [6, 6.07) is 15.6. The van der Waals surface area contributed by atoms with E-state index in [9.17, 15) is 9.18 Å². The van der Waals surface area contributed by atoms with Crippen LogP contribution in [0.5, 0.6) is 0 Å². The van der Waals surface area contributed by atoms with Crippen molar-refractivity contribution in [3.8, 4) is 5.69 Å². The van der Waals surface area contributed by atoms with Gasteiger partial charge in [0.1, 0.15) is 5.82 Å². The topological polar surface area (TPSA) is 59.8 Å². The molecule has 0 aliphatic heterocycles. The first-order valence-corrected chi connectivity index (χ1v) is 9.50. The predicted molar refractivity (Wildman–Crippen MR) is 112 cm³/mol. The lowest BCUT2D eigenvalue weighted by atomic mass is 10.1. The third kappa shape index (κ3) is 3.49. The second-order valence-electron chi connectivity index (χ2n) is 6.95. The quantitative estimate of drug-likeness (QED) is 0.536. The number of carbonyl (C=O) groups is 1. The number of nitrogens with zero attached hydrogens (tertiary/aromatic N) is 3. The van der Waals surface area contributed by atoms with Crippen molar-refractivity contribution >= 4 is 22.6 Å². The molecule has 0 radical (unpaired) electrons. The van der Waals surface area contributed by atoms with Gasteiger partial charge in [-0.25, -0.2) is 14.1 Å². The Morgan fingerprint density at radius 2 is 1.83 bits per heavy atom. The first-order chi connectivity index (χ1) is 14.0. The zero-order valence-corrected chi connectivity index (χ0v) is 16.5. The molecule has 146 valence electrons. The first-order valence-electron chi connectivity index (χ1n) is 9.50. The Kier molecular flexibility index (Phi) is 4.84.